The second kappa shape index (κ2) is 6.63. The van der Waals surface area contributed by atoms with E-state index in [1.54, 1.807) is 7.11 Å². The van der Waals surface area contributed by atoms with Crippen LogP contribution >= 0.6 is 0 Å². The summed E-state index contributed by atoms with van der Waals surface area (Å²) in [4.78, 5) is 0. The molecule has 2 N–H and O–H groups in total. The van der Waals surface area contributed by atoms with E-state index in [0.29, 0.717) is 13.0 Å². The lowest BCUT2D eigenvalue weighted by Crippen LogP contribution is -2.46. The van der Waals surface area contributed by atoms with E-state index < -0.39 is 0 Å². The van der Waals surface area contributed by atoms with Gasteiger partial charge in [0.05, 0.1) is 12.1 Å². The first-order valence-corrected chi connectivity index (χ1v) is 5.69. The van der Waals surface area contributed by atoms with Crippen LogP contribution in [0.1, 0.15) is 18.9 Å². The van der Waals surface area contributed by atoms with E-state index in [-0.39, 0.29) is 12.1 Å². The summed E-state index contributed by atoms with van der Waals surface area (Å²) in [6.07, 6.45) is 0.651. The maximum atomic E-state index is 9.22. The van der Waals surface area contributed by atoms with Gasteiger partial charge in [-0.1, -0.05) is 37.3 Å². The van der Waals surface area contributed by atoms with Crippen molar-refractivity contribution in [3.63, 3.8) is 0 Å². The Balaban J connectivity index is 2.99. The number of nitrogens with one attached hydrogen (secondary N) is 1. The van der Waals surface area contributed by atoms with Gasteiger partial charge in [-0.15, -0.1) is 0 Å². The lowest BCUT2D eigenvalue weighted by atomic mass is 9.87. The number of aliphatic hydroxyl groups excluding tert-OH is 1. The fourth-order valence-electron chi connectivity index (χ4n) is 2.07. The Morgan fingerprint density at radius 1 is 1.31 bits per heavy atom. The Bertz CT molecular complexity index is 270. The minimum Gasteiger partial charge on any atom is -0.396 e. The number of benzene rings is 1. The fourth-order valence-corrected chi connectivity index (χ4v) is 2.07. The third kappa shape index (κ3) is 3.04. The van der Waals surface area contributed by atoms with Crippen LogP contribution in [0.3, 0.4) is 0 Å². The van der Waals surface area contributed by atoms with E-state index >= 15 is 0 Å². The zero-order valence-corrected chi connectivity index (χ0v) is 10.1. The maximum Gasteiger partial charge on any atom is 0.0693 e. The van der Waals surface area contributed by atoms with Crippen molar-refractivity contribution in [3.8, 4) is 0 Å². The number of methoxy groups -OCH3 is 1. The van der Waals surface area contributed by atoms with Gasteiger partial charge in [-0.05, 0) is 18.5 Å². The van der Waals surface area contributed by atoms with Crippen LogP contribution < -0.4 is 5.32 Å². The second-order valence-electron chi connectivity index (χ2n) is 3.89. The molecule has 0 aliphatic carbocycles. The zero-order chi connectivity index (χ0) is 11.9. The smallest absolute Gasteiger partial charge is 0.0693 e. The van der Waals surface area contributed by atoms with Crippen molar-refractivity contribution in [2.45, 2.75) is 18.9 Å². The minimum atomic E-state index is -0.278. The highest BCUT2D eigenvalue weighted by molar-refractivity contribution is 5.24. The number of hydrogen-bond donors (Lipinski definition) is 2. The van der Waals surface area contributed by atoms with Gasteiger partial charge in [0.25, 0.3) is 0 Å². The van der Waals surface area contributed by atoms with Gasteiger partial charge < -0.3 is 15.2 Å². The molecule has 3 nitrogen and oxygen atoms in total. The first-order valence-electron chi connectivity index (χ1n) is 5.69. The summed E-state index contributed by atoms with van der Waals surface area (Å²) in [5, 5.41) is 12.7. The molecule has 1 rings (SSSR count). The molecule has 0 saturated carbocycles. The van der Waals surface area contributed by atoms with Crippen LogP contribution in [0.25, 0.3) is 0 Å². The van der Waals surface area contributed by atoms with Crippen LogP contribution in [0.4, 0.5) is 0 Å². The van der Waals surface area contributed by atoms with Crippen molar-refractivity contribution in [2.75, 3.05) is 26.9 Å². The van der Waals surface area contributed by atoms with Gasteiger partial charge in [-0.25, -0.2) is 0 Å². The van der Waals surface area contributed by atoms with Crippen LogP contribution in [-0.4, -0.2) is 32.0 Å². The monoisotopic (exact) mass is 223 g/mol. The number of likely N-dealkylation sites (N-methyl/N-ethyl adjacent to an activating group) is 1. The molecule has 0 saturated heterocycles. The van der Waals surface area contributed by atoms with Crippen molar-refractivity contribution in [2.24, 2.45) is 0 Å². The maximum absolute atomic E-state index is 9.22. The molecule has 3 heteroatoms. The highest BCUT2D eigenvalue weighted by atomic mass is 16.5. The molecule has 16 heavy (non-hydrogen) atoms. The summed E-state index contributed by atoms with van der Waals surface area (Å²) < 4.78 is 5.29. The Labute approximate surface area is 97.4 Å². The second-order valence-corrected chi connectivity index (χ2v) is 3.89. The predicted molar refractivity (Wildman–Crippen MR) is 65.4 cm³/mol. The first kappa shape index (κ1) is 13.2. The van der Waals surface area contributed by atoms with E-state index in [1.807, 2.05) is 18.2 Å². The largest absolute Gasteiger partial charge is 0.396 e. The van der Waals surface area contributed by atoms with Gasteiger partial charge in [-0.3, -0.25) is 0 Å². The number of hydrogen-bond acceptors (Lipinski definition) is 3. The third-order valence-electron chi connectivity index (χ3n) is 2.77. The Kier molecular flexibility index (Phi) is 5.46. The molecule has 90 valence electrons. The van der Waals surface area contributed by atoms with Crippen LogP contribution in [0.5, 0.6) is 0 Å². The molecule has 0 aromatic heterocycles. The molecule has 0 fully saturated rings. The molecule has 1 aromatic carbocycles. The first-order chi connectivity index (χ1) is 7.79. The van der Waals surface area contributed by atoms with Crippen molar-refractivity contribution in [1.82, 2.24) is 5.32 Å². The van der Waals surface area contributed by atoms with E-state index in [1.165, 1.54) is 0 Å². The Morgan fingerprint density at radius 3 is 2.50 bits per heavy atom. The number of ether oxygens (including phenoxy) is 1. The van der Waals surface area contributed by atoms with Crippen molar-refractivity contribution < 1.29 is 9.84 Å². The van der Waals surface area contributed by atoms with Crippen molar-refractivity contribution >= 4 is 0 Å². The van der Waals surface area contributed by atoms with Crippen molar-refractivity contribution in [3.05, 3.63) is 35.9 Å². The number of rotatable bonds is 7. The van der Waals surface area contributed by atoms with Gasteiger partial charge in [0.2, 0.25) is 0 Å². The molecular formula is C13H21NO2. The van der Waals surface area contributed by atoms with Crippen LogP contribution in [-0.2, 0) is 10.3 Å². The summed E-state index contributed by atoms with van der Waals surface area (Å²) in [7, 11) is 1.69. The van der Waals surface area contributed by atoms with E-state index in [0.717, 1.165) is 12.1 Å². The molecule has 0 aliphatic heterocycles. The van der Waals surface area contributed by atoms with E-state index in [4.69, 9.17) is 4.74 Å². The molecule has 0 spiro atoms. The summed E-state index contributed by atoms with van der Waals surface area (Å²) in [5.74, 6) is 0. The normalized spacial score (nSPS) is 14.7. The molecule has 1 atom stereocenters. The standard InChI is InChI=1S/C13H21NO2/c1-3-14-13(9-10-15,11-16-2)12-7-5-4-6-8-12/h4-8,14-15H,3,9-11H2,1-2H3. The molecule has 0 heterocycles. The summed E-state index contributed by atoms with van der Waals surface area (Å²) >= 11 is 0. The zero-order valence-electron chi connectivity index (χ0n) is 10.1. The Morgan fingerprint density at radius 2 is 2.00 bits per heavy atom. The summed E-state index contributed by atoms with van der Waals surface area (Å²) in [6, 6.07) is 10.1. The van der Waals surface area contributed by atoms with Crippen LogP contribution in [0.2, 0.25) is 0 Å². The molecular weight excluding hydrogens is 202 g/mol. The number of aliphatic hydroxyl groups is 1. The molecule has 0 radical (unpaired) electrons. The minimum absolute atomic E-state index is 0.144. The predicted octanol–water partition coefficient (Wildman–Crippen LogP) is 1.52. The summed E-state index contributed by atoms with van der Waals surface area (Å²) in [6.45, 7) is 3.61. The molecule has 0 aliphatic rings. The molecule has 1 unspecified atom stereocenters. The topological polar surface area (TPSA) is 41.5 Å². The highest BCUT2D eigenvalue weighted by Crippen LogP contribution is 2.25. The van der Waals surface area contributed by atoms with Gasteiger partial charge in [-0.2, -0.15) is 0 Å². The average Bonchev–Trinajstić information content (AvgIpc) is 2.31. The lowest BCUT2D eigenvalue weighted by molar-refractivity contribution is 0.0873. The van der Waals surface area contributed by atoms with Gasteiger partial charge in [0, 0.05) is 13.7 Å². The lowest BCUT2D eigenvalue weighted by Gasteiger charge is -2.34. The Hall–Kier alpha value is -0.900. The molecule has 0 bridgehead atoms. The van der Waals surface area contributed by atoms with Gasteiger partial charge in [0.15, 0.2) is 0 Å². The van der Waals surface area contributed by atoms with E-state index in [2.05, 4.69) is 24.4 Å². The molecule has 0 amide bonds. The highest BCUT2D eigenvalue weighted by Gasteiger charge is 2.30. The quantitative estimate of drug-likeness (QED) is 0.736. The van der Waals surface area contributed by atoms with Gasteiger partial charge >= 0.3 is 0 Å². The van der Waals surface area contributed by atoms with Crippen molar-refractivity contribution in [1.29, 1.82) is 0 Å². The average molecular weight is 223 g/mol. The fraction of sp³-hybridized carbons (Fsp3) is 0.538. The third-order valence-corrected chi connectivity index (χ3v) is 2.77. The van der Waals surface area contributed by atoms with E-state index in [9.17, 15) is 5.11 Å². The summed E-state index contributed by atoms with van der Waals surface area (Å²) in [5.41, 5.74) is 0.882. The van der Waals surface area contributed by atoms with Gasteiger partial charge in [0.1, 0.15) is 0 Å². The SMILES string of the molecule is CCNC(CCO)(COC)c1ccccc1. The van der Waals surface area contributed by atoms with Crippen LogP contribution in [0, 0.1) is 0 Å². The van der Waals surface area contributed by atoms with Crippen LogP contribution in [0.15, 0.2) is 30.3 Å². The molecule has 1 aromatic rings.